The molecular formula is C14H21NO. The van der Waals surface area contributed by atoms with Crippen LogP contribution >= 0.6 is 0 Å². The second-order valence-electron chi connectivity index (χ2n) is 4.59. The predicted octanol–water partition coefficient (Wildman–Crippen LogP) is 3.07. The minimum Gasteiger partial charge on any atom is -0.493 e. The van der Waals surface area contributed by atoms with E-state index in [0.717, 1.165) is 25.2 Å². The summed E-state index contributed by atoms with van der Waals surface area (Å²) in [4.78, 5) is 0. The van der Waals surface area contributed by atoms with Gasteiger partial charge in [0.2, 0.25) is 0 Å². The Kier molecular flexibility index (Phi) is 3.83. The van der Waals surface area contributed by atoms with Crippen molar-refractivity contribution >= 4 is 0 Å². The van der Waals surface area contributed by atoms with Crippen LogP contribution in [-0.4, -0.2) is 12.6 Å². The Morgan fingerprint density at radius 3 is 2.81 bits per heavy atom. The van der Waals surface area contributed by atoms with Crippen molar-refractivity contribution in [1.29, 1.82) is 0 Å². The van der Waals surface area contributed by atoms with Crippen LogP contribution in [0.4, 0.5) is 0 Å². The first-order chi connectivity index (χ1) is 7.83. The van der Waals surface area contributed by atoms with Crippen LogP contribution in [0, 0.1) is 0 Å². The van der Waals surface area contributed by atoms with Crippen molar-refractivity contribution in [1.82, 2.24) is 0 Å². The third kappa shape index (κ3) is 2.38. The zero-order chi connectivity index (χ0) is 11.4. The van der Waals surface area contributed by atoms with E-state index in [1.807, 2.05) is 6.07 Å². The lowest BCUT2D eigenvalue weighted by atomic mass is 9.94. The van der Waals surface area contributed by atoms with E-state index in [1.165, 1.54) is 18.4 Å². The molecule has 2 nitrogen and oxygen atoms in total. The maximum atomic E-state index is 6.15. The number of para-hydroxylation sites is 1. The smallest absolute Gasteiger partial charge is 0.122 e. The van der Waals surface area contributed by atoms with E-state index in [4.69, 9.17) is 10.5 Å². The molecule has 88 valence electrons. The molecule has 16 heavy (non-hydrogen) atoms. The van der Waals surface area contributed by atoms with Gasteiger partial charge in [0.25, 0.3) is 0 Å². The molecule has 1 aromatic carbocycles. The Balaban J connectivity index is 2.18. The topological polar surface area (TPSA) is 35.2 Å². The molecule has 1 fully saturated rings. The molecule has 0 saturated heterocycles. The van der Waals surface area contributed by atoms with Crippen LogP contribution in [0.5, 0.6) is 5.75 Å². The molecule has 2 unspecified atom stereocenters. The molecule has 2 rings (SSSR count). The van der Waals surface area contributed by atoms with Crippen molar-refractivity contribution in [2.45, 2.75) is 44.6 Å². The van der Waals surface area contributed by atoms with Crippen molar-refractivity contribution in [3.8, 4) is 5.75 Å². The number of hydrogen-bond acceptors (Lipinski definition) is 2. The molecular weight excluding hydrogens is 198 g/mol. The molecule has 0 radical (unpaired) electrons. The van der Waals surface area contributed by atoms with Gasteiger partial charge in [0, 0.05) is 12.0 Å². The largest absolute Gasteiger partial charge is 0.493 e. The van der Waals surface area contributed by atoms with Crippen molar-refractivity contribution in [2.75, 3.05) is 6.61 Å². The standard InChI is InChI=1S/C14H21NO/c1-2-10-16-14-9-4-3-6-12(14)11-7-5-8-13(11)15/h3-4,6,9,11,13H,2,5,7-8,10,15H2,1H3. The fourth-order valence-corrected chi connectivity index (χ4v) is 2.51. The van der Waals surface area contributed by atoms with Gasteiger partial charge in [-0.1, -0.05) is 31.5 Å². The van der Waals surface area contributed by atoms with Gasteiger partial charge in [0.15, 0.2) is 0 Å². The summed E-state index contributed by atoms with van der Waals surface area (Å²) in [6, 6.07) is 8.66. The molecule has 1 aromatic rings. The zero-order valence-corrected chi connectivity index (χ0v) is 9.99. The van der Waals surface area contributed by atoms with Gasteiger partial charge < -0.3 is 10.5 Å². The number of ether oxygens (including phenoxy) is 1. The summed E-state index contributed by atoms with van der Waals surface area (Å²) in [6.07, 6.45) is 4.64. The van der Waals surface area contributed by atoms with Gasteiger partial charge in [-0.25, -0.2) is 0 Å². The Morgan fingerprint density at radius 2 is 2.12 bits per heavy atom. The summed E-state index contributed by atoms with van der Waals surface area (Å²) < 4.78 is 5.79. The molecule has 0 aliphatic heterocycles. The monoisotopic (exact) mass is 219 g/mol. The summed E-state index contributed by atoms with van der Waals surface area (Å²) in [6.45, 7) is 2.92. The number of nitrogens with two attached hydrogens (primary N) is 1. The average molecular weight is 219 g/mol. The van der Waals surface area contributed by atoms with Crippen LogP contribution in [0.3, 0.4) is 0 Å². The van der Waals surface area contributed by atoms with Gasteiger partial charge in [-0.15, -0.1) is 0 Å². The second-order valence-corrected chi connectivity index (χ2v) is 4.59. The van der Waals surface area contributed by atoms with E-state index in [-0.39, 0.29) is 0 Å². The Bertz CT molecular complexity index is 337. The summed E-state index contributed by atoms with van der Waals surface area (Å²) in [5.74, 6) is 1.53. The lowest BCUT2D eigenvalue weighted by Crippen LogP contribution is -2.23. The highest BCUT2D eigenvalue weighted by atomic mass is 16.5. The molecule has 0 bridgehead atoms. The molecule has 0 amide bonds. The quantitative estimate of drug-likeness (QED) is 0.844. The van der Waals surface area contributed by atoms with Crippen molar-refractivity contribution in [3.63, 3.8) is 0 Å². The van der Waals surface area contributed by atoms with E-state index >= 15 is 0 Å². The highest BCUT2D eigenvalue weighted by Crippen LogP contribution is 2.37. The maximum absolute atomic E-state index is 6.15. The van der Waals surface area contributed by atoms with Gasteiger partial charge in [-0.05, 0) is 30.9 Å². The lowest BCUT2D eigenvalue weighted by Gasteiger charge is -2.19. The van der Waals surface area contributed by atoms with Crippen LogP contribution in [0.15, 0.2) is 24.3 Å². The van der Waals surface area contributed by atoms with E-state index in [2.05, 4.69) is 25.1 Å². The maximum Gasteiger partial charge on any atom is 0.122 e. The second kappa shape index (κ2) is 5.35. The molecule has 1 saturated carbocycles. The van der Waals surface area contributed by atoms with Crippen LogP contribution in [-0.2, 0) is 0 Å². The molecule has 2 N–H and O–H groups in total. The summed E-state index contributed by atoms with van der Waals surface area (Å²) in [5.41, 5.74) is 7.46. The van der Waals surface area contributed by atoms with Gasteiger partial charge in [0.05, 0.1) is 6.61 Å². The molecule has 2 atom stereocenters. The molecule has 0 spiro atoms. The molecule has 1 aliphatic carbocycles. The van der Waals surface area contributed by atoms with E-state index in [0.29, 0.717) is 12.0 Å². The Hall–Kier alpha value is -1.02. The fraction of sp³-hybridized carbons (Fsp3) is 0.571. The minimum absolute atomic E-state index is 0.311. The van der Waals surface area contributed by atoms with Crippen LogP contribution in [0.25, 0.3) is 0 Å². The molecule has 1 aliphatic rings. The summed E-state index contributed by atoms with van der Waals surface area (Å²) in [5, 5.41) is 0. The number of rotatable bonds is 4. The van der Waals surface area contributed by atoms with Crippen molar-refractivity contribution in [2.24, 2.45) is 5.73 Å². The normalized spacial score (nSPS) is 24.6. The van der Waals surface area contributed by atoms with Crippen molar-refractivity contribution < 1.29 is 4.74 Å². The van der Waals surface area contributed by atoms with Gasteiger partial charge >= 0.3 is 0 Å². The third-order valence-corrected chi connectivity index (χ3v) is 3.35. The first kappa shape index (κ1) is 11.5. The first-order valence-electron chi connectivity index (χ1n) is 6.30. The third-order valence-electron chi connectivity index (χ3n) is 3.35. The minimum atomic E-state index is 0.311. The van der Waals surface area contributed by atoms with Crippen LogP contribution < -0.4 is 10.5 Å². The highest BCUT2D eigenvalue weighted by molar-refractivity contribution is 5.37. The lowest BCUT2D eigenvalue weighted by molar-refractivity contribution is 0.311. The van der Waals surface area contributed by atoms with Gasteiger partial charge in [-0.2, -0.15) is 0 Å². The molecule has 0 aromatic heterocycles. The SMILES string of the molecule is CCCOc1ccccc1C1CCCC1N. The van der Waals surface area contributed by atoms with E-state index in [1.54, 1.807) is 0 Å². The predicted molar refractivity (Wildman–Crippen MR) is 66.8 cm³/mol. The highest BCUT2D eigenvalue weighted by Gasteiger charge is 2.27. The summed E-state index contributed by atoms with van der Waals surface area (Å²) in [7, 11) is 0. The molecule has 2 heteroatoms. The molecule has 0 heterocycles. The van der Waals surface area contributed by atoms with E-state index < -0.39 is 0 Å². The Morgan fingerprint density at radius 1 is 1.31 bits per heavy atom. The van der Waals surface area contributed by atoms with Gasteiger partial charge in [0.1, 0.15) is 5.75 Å². The number of benzene rings is 1. The van der Waals surface area contributed by atoms with Crippen molar-refractivity contribution in [3.05, 3.63) is 29.8 Å². The van der Waals surface area contributed by atoms with Crippen LogP contribution in [0.2, 0.25) is 0 Å². The zero-order valence-electron chi connectivity index (χ0n) is 9.99. The number of hydrogen-bond donors (Lipinski definition) is 1. The van der Waals surface area contributed by atoms with Crippen LogP contribution in [0.1, 0.15) is 44.1 Å². The first-order valence-corrected chi connectivity index (χ1v) is 6.30. The Labute approximate surface area is 97.8 Å². The van der Waals surface area contributed by atoms with E-state index in [9.17, 15) is 0 Å². The van der Waals surface area contributed by atoms with Gasteiger partial charge in [-0.3, -0.25) is 0 Å². The fourth-order valence-electron chi connectivity index (χ4n) is 2.51. The summed E-state index contributed by atoms with van der Waals surface area (Å²) >= 11 is 0. The average Bonchev–Trinajstić information content (AvgIpc) is 2.73.